The number of hydrogen-bond donors (Lipinski definition) is 1. The van der Waals surface area contributed by atoms with Crippen molar-refractivity contribution in [1.82, 2.24) is 14.7 Å². The molecule has 0 saturated heterocycles. The van der Waals surface area contributed by atoms with Crippen molar-refractivity contribution in [3.8, 4) is 5.69 Å². The standard InChI is InChI=1S/C19H20N4O/c1-22(2)14-15-8-3-5-10-17(15)21-19(24)16-9-4-6-11-18(16)23-13-7-12-20-23/h3-13H,14H2,1-2H3,(H,21,24). The molecule has 5 nitrogen and oxygen atoms in total. The van der Waals surface area contributed by atoms with Crippen LogP contribution < -0.4 is 5.32 Å². The van der Waals surface area contributed by atoms with Gasteiger partial charge in [0.05, 0.1) is 11.3 Å². The fraction of sp³-hybridized carbons (Fsp3) is 0.158. The van der Waals surface area contributed by atoms with Crippen LogP contribution in [0.3, 0.4) is 0 Å². The number of rotatable bonds is 5. The Hall–Kier alpha value is -2.92. The van der Waals surface area contributed by atoms with E-state index in [9.17, 15) is 4.79 Å². The van der Waals surface area contributed by atoms with Crippen molar-refractivity contribution < 1.29 is 4.79 Å². The molecular weight excluding hydrogens is 300 g/mol. The van der Waals surface area contributed by atoms with E-state index in [0.717, 1.165) is 23.5 Å². The van der Waals surface area contributed by atoms with Crippen molar-refractivity contribution in [2.45, 2.75) is 6.54 Å². The highest BCUT2D eigenvalue weighted by atomic mass is 16.1. The molecule has 0 aliphatic carbocycles. The molecule has 0 radical (unpaired) electrons. The van der Waals surface area contributed by atoms with Gasteiger partial charge in [-0.25, -0.2) is 4.68 Å². The van der Waals surface area contributed by atoms with Gasteiger partial charge in [-0.2, -0.15) is 5.10 Å². The van der Waals surface area contributed by atoms with Crippen molar-refractivity contribution in [1.29, 1.82) is 0 Å². The fourth-order valence-electron chi connectivity index (χ4n) is 2.59. The van der Waals surface area contributed by atoms with Crippen LogP contribution in [0.25, 0.3) is 5.69 Å². The monoisotopic (exact) mass is 320 g/mol. The Kier molecular flexibility index (Phi) is 4.72. The number of nitrogens with zero attached hydrogens (tertiary/aromatic N) is 3. The minimum atomic E-state index is -0.146. The third-order valence-electron chi connectivity index (χ3n) is 3.65. The van der Waals surface area contributed by atoms with Gasteiger partial charge in [-0.1, -0.05) is 30.3 Å². The van der Waals surface area contributed by atoms with Crippen LogP contribution in [0, 0.1) is 0 Å². The number of anilines is 1. The van der Waals surface area contributed by atoms with Gasteiger partial charge in [0.1, 0.15) is 0 Å². The lowest BCUT2D eigenvalue weighted by Gasteiger charge is -2.16. The van der Waals surface area contributed by atoms with Gasteiger partial charge in [-0.15, -0.1) is 0 Å². The highest BCUT2D eigenvalue weighted by Gasteiger charge is 2.14. The molecule has 0 fully saturated rings. The van der Waals surface area contributed by atoms with E-state index < -0.39 is 0 Å². The number of carbonyl (C=O) groups excluding carboxylic acids is 1. The van der Waals surface area contributed by atoms with Crippen LogP contribution in [0.2, 0.25) is 0 Å². The smallest absolute Gasteiger partial charge is 0.257 e. The van der Waals surface area contributed by atoms with Crippen LogP contribution in [-0.2, 0) is 6.54 Å². The average Bonchev–Trinajstić information content (AvgIpc) is 3.10. The molecule has 1 heterocycles. The number of benzene rings is 2. The molecule has 0 saturated carbocycles. The predicted octanol–water partition coefficient (Wildman–Crippen LogP) is 3.19. The minimum Gasteiger partial charge on any atom is -0.322 e. The molecule has 0 unspecified atom stereocenters. The van der Waals surface area contributed by atoms with Gasteiger partial charge in [0.2, 0.25) is 0 Å². The number of aromatic nitrogens is 2. The zero-order chi connectivity index (χ0) is 16.9. The summed E-state index contributed by atoms with van der Waals surface area (Å²) in [7, 11) is 4.01. The van der Waals surface area contributed by atoms with Crippen LogP contribution in [-0.4, -0.2) is 34.7 Å². The second-order valence-electron chi connectivity index (χ2n) is 5.82. The molecule has 1 N–H and O–H groups in total. The highest BCUT2D eigenvalue weighted by molar-refractivity contribution is 6.07. The lowest BCUT2D eigenvalue weighted by atomic mass is 10.1. The first-order chi connectivity index (χ1) is 11.6. The second kappa shape index (κ2) is 7.10. The molecule has 122 valence electrons. The number of amides is 1. The van der Waals surface area contributed by atoms with Crippen LogP contribution >= 0.6 is 0 Å². The van der Waals surface area contributed by atoms with E-state index in [1.54, 1.807) is 16.9 Å². The lowest BCUT2D eigenvalue weighted by Crippen LogP contribution is -2.18. The third-order valence-corrected chi connectivity index (χ3v) is 3.65. The van der Waals surface area contributed by atoms with Crippen molar-refractivity contribution in [2.24, 2.45) is 0 Å². The maximum Gasteiger partial charge on any atom is 0.257 e. The highest BCUT2D eigenvalue weighted by Crippen LogP contribution is 2.20. The molecular formula is C19H20N4O. The number of hydrogen-bond acceptors (Lipinski definition) is 3. The Morgan fingerprint density at radius 2 is 1.83 bits per heavy atom. The van der Waals surface area contributed by atoms with Crippen LogP contribution in [0.5, 0.6) is 0 Å². The molecule has 0 atom stereocenters. The van der Waals surface area contributed by atoms with E-state index in [1.807, 2.05) is 68.8 Å². The molecule has 0 spiro atoms. The fourth-order valence-corrected chi connectivity index (χ4v) is 2.59. The molecule has 1 aromatic heterocycles. The first-order valence-corrected chi connectivity index (χ1v) is 7.78. The number of para-hydroxylation sites is 2. The minimum absolute atomic E-state index is 0.146. The van der Waals surface area contributed by atoms with Crippen molar-refractivity contribution in [3.05, 3.63) is 78.1 Å². The van der Waals surface area contributed by atoms with Crippen molar-refractivity contribution in [2.75, 3.05) is 19.4 Å². The maximum absolute atomic E-state index is 12.8. The summed E-state index contributed by atoms with van der Waals surface area (Å²) in [5, 5.41) is 7.25. The summed E-state index contributed by atoms with van der Waals surface area (Å²) in [5.74, 6) is -0.146. The normalized spacial score (nSPS) is 10.8. The summed E-state index contributed by atoms with van der Waals surface area (Å²) in [5.41, 5.74) is 3.24. The molecule has 3 rings (SSSR count). The maximum atomic E-state index is 12.8. The summed E-state index contributed by atoms with van der Waals surface area (Å²) in [6.45, 7) is 0.761. The zero-order valence-electron chi connectivity index (χ0n) is 13.8. The van der Waals surface area contributed by atoms with Crippen LogP contribution in [0.1, 0.15) is 15.9 Å². The third kappa shape index (κ3) is 3.52. The van der Waals surface area contributed by atoms with Crippen molar-refractivity contribution in [3.63, 3.8) is 0 Å². The summed E-state index contributed by atoms with van der Waals surface area (Å²) in [4.78, 5) is 14.9. The first-order valence-electron chi connectivity index (χ1n) is 7.78. The van der Waals surface area contributed by atoms with Gasteiger partial charge >= 0.3 is 0 Å². The number of carbonyl (C=O) groups is 1. The van der Waals surface area contributed by atoms with E-state index in [-0.39, 0.29) is 5.91 Å². The topological polar surface area (TPSA) is 50.2 Å². The number of nitrogens with one attached hydrogen (secondary N) is 1. The molecule has 3 aromatic rings. The van der Waals surface area contributed by atoms with E-state index in [2.05, 4.69) is 15.3 Å². The SMILES string of the molecule is CN(C)Cc1ccccc1NC(=O)c1ccccc1-n1cccn1. The Morgan fingerprint density at radius 1 is 1.08 bits per heavy atom. The van der Waals surface area contributed by atoms with Gasteiger partial charge in [-0.3, -0.25) is 4.79 Å². The Labute approximate surface area is 141 Å². The quantitative estimate of drug-likeness (QED) is 0.785. The summed E-state index contributed by atoms with van der Waals surface area (Å²) in [6, 6.07) is 17.1. The lowest BCUT2D eigenvalue weighted by molar-refractivity contribution is 0.102. The van der Waals surface area contributed by atoms with E-state index in [0.29, 0.717) is 5.56 Å². The van der Waals surface area contributed by atoms with Gasteiger partial charge in [0.15, 0.2) is 0 Å². The molecule has 1 amide bonds. The largest absolute Gasteiger partial charge is 0.322 e. The van der Waals surface area contributed by atoms with E-state index in [4.69, 9.17) is 0 Å². The molecule has 0 bridgehead atoms. The van der Waals surface area contributed by atoms with E-state index >= 15 is 0 Å². The average molecular weight is 320 g/mol. The first kappa shape index (κ1) is 16.0. The summed E-state index contributed by atoms with van der Waals surface area (Å²) in [6.07, 6.45) is 3.52. The zero-order valence-corrected chi connectivity index (χ0v) is 13.8. The van der Waals surface area contributed by atoms with Crippen molar-refractivity contribution >= 4 is 11.6 Å². The Balaban J connectivity index is 1.90. The molecule has 0 aliphatic rings. The van der Waals surface area contributed by atoms with Gasteiger partial charge in [-0.05, 0) is 43.9 Å². The van der Waals surface area contributed by atoms with Gasteiger partial charge in [0.25, 0.3) is 5.91 Å². The van der Waals surface area contributed by atoms with Crippen LogP contribution in [0.15, 0.2) is 67.0 Å². The van der Waals surface area contributed by atoms with Crippen LogP contribution in [0.4, 0.5) is 5.69 Å². The molecule has 0 aliphatic heterocycles. The Bertz CT molecular complexity index is 825. The van der Waals surface area contributed by atoms with Gasteiger partial charge in [0, 0.05) is 24.6 Å². The predicted molar refractivity (Wildman–Crippen MR) is 95.4 cm³/mol. The summed E-state index contributed by atoms with van der Waals surface area (Å²) >= 11 is 0. The molecule has 24 heavy (non-hydrogen) atoms. The molecule has 5 heteroatoms. The molecule has 2 aromatic carbocycles. The second-order valence-corrected chi connectivity index (χ2v) is 5.82. The van der Waals surface area contributed by atoms with Gasteiger partial charge < -0.3 is 10.2 Å². The Morgan fingerprint density at radius 3 is 2.58 bits per heavy atom. The summed E-state index contributed by atoms with van der Waals surface area (Å²) < 4.78 is 1.70. The van der Waals surface area contributed by atoms with E-state index in [1.165, 1.54) is 0 Å².